The molecule has 1 amide bonds. The lowest BCUT2D eigenvalue weighted by atomic mass is 10.1. The molecule has 2 aromatic rings. The fourth-order valence-corrected chi connectivity index (χ4v) is 3.54. The van der Waals surface area contributed by atoms with Gasteiger partial charge in [0.1, 0.15) is 5.75 Å². The summed E-state index contributed by atoms with van der Waals surface area (Å²) in [4.78, 5) is 17.5. The summed E-state index contributed by atoms with van der Waals surface area (Å²) < 4.78 is 5.65. The zero-order chi connectivity index (χ0) is 19.9. The normalized spacial score (nSPS) is 16.2. The number of carbonyl (C=O) groups is 1. The molecule has 0 radical (unpaired) electrons. The summed E-state index contributed by atoms with van der Waals surface area (Å²) in [5.41, 5.74) is 3.98. The van der Waals surface area contributed by atoms with E-state index in [0.29, 0.717) is 29.5 Å². The zero-order valence-corrected chi connectivity index (χ0v) is 16.7. The molecule has 0 aliphatic carbocycles. The highest BCUT2D eigenvalue weighted by Gasteiger charge is 2.24. The summed E-state index contributed by atoms with van der Waals surface area (Å²) in [6.07, 6.45) is 2.99. The Morgan fingerprint density at radius 2 is 2.11 bits per heavy atom. The van der Waals surface area contributed by atoms with E-state index in [0.717, 1.165) is 22.6 Å². The maximum absolute atomic E-state index is 12.3. The number of thioether (sulfide) groups is 1. The minimum atomic E-state index is -0.158. The molecule has 1 aliphatic heterocycles. The monoisotopic (exact) mass is 391 g/mol. The Morgan fingerprint density at radius 3 is 2.89 bits per heavy atom. The van der Waals surface area contributed by atoms with Gasteiger partial charge in [0.2, 0.25) is 0 Å². The third kappa shape index (κ3) is 5.24. The highest BCUT2D eigenvalue weighted by Crippen LogP contribution is 2.30. The van der Waals surface area contributed by atoms with Crippen molar-refractivity contribution in [1.82, 2.24) is 5.32 Å². The first-order chi connectivity index (χ1) is 13.5. The summed E-state index contributed by atoms with van der Waals surface area (Å²) in [6, 6.07) is 15.7. The van der Waals surface area contributed by atoms with Crippen LogP contribution in [0.1, 0.15) is 29.5 Å². The molecule has 1 aliphatic rings. The highest BCUT2D eigenvalue weighted by molar-refractivity contribution is 8.18. The number of nitriles is 1. The Balaban J connectivity index is 1.72. The first kappa shape index (κ1) is 19.7. The van der Waals surface area contributed by atoms with Crippen molar-refractivity contribution in [3.63, 3.8) is 0 Å². The molecule has 1 saturated heterocycles. The Kier molecular flexibility index (Phi) is 6.51. The molecule has 5 nitrogen and oxygen atoms in total. The maximum Gasteiger partial charge on any atom is 0.264 e. The van der Waals surface area contributed by atoms with E-state index < -0.39 is 0 Å². The lowest BCUT2D eigenvalue weighted by Gasteiger charge is -2.05. The number of ether oxygens (including phenoxy) is 1. The number of nitrogens with one attached hydrogen (secondary N) is 1. The van der Waals surface area contributed by atoms with Gasteiger partial charge in [-0.2, -0.15) is 5.26 Å². The lowest BCUT2D eigenvalue weighted by molar-refractivity contribution is -0.115. The molecule has 6 heteroatoms. The van der Waals surface area contributed by atoms with Gasteiger partial charge in [0.25, 0.3) is 5.91 Å². The summed E-state index contributed by atoms with van der Waals surface area (Å²) in [7, 11) is 0. The molecule has 0 unspecified atom stereocenters. The molecule has 28 heavy (non-hydrogen) atoms. The molecule has 3 rings (SSSR count). The summed E-state index contributed by atoms with van der Waals surface area (Å²) in [5, 5.41) is 12.0. The Bertz CT molecular complexity index is 990. The van der Waals surface area contributed by atoms with E-state index in [1.54, 1.807) is 0 Å². The predicted molar refractivity (Wildman–Crippen MR) is 114 cm³/mol. The first-order valence-corrected chi connectivity index (χ1v) is 9.83. The second kappa shape index (κ2) is 9.25. The van der Waals surface area contributed by atoms with Crippen LogP contribution in [0.15, 0.2) is 52.4 Å². The smallest absolute Gasteiger partial charge is 0.264 e. The molecular weight excluding hydrogens is 370 g/mol. The van der Waals surface area contributed by atoms with Crippen LogP contribution in [0.5, 0.6) is 5.75 Å². The number of carbonyl (C=O) groups excluding carboxylic acids is 1. The van der Waals surface area contributed by atoms with Gasteiger partial charge >= 0.3 is 0 Å². The van der Waals surface area contributed by atoms with Crippen LogP contribution in [-0.4, -0.2) is 17.7 Å². The van der Waals surface area contributed by atoms with Gasteiger partial charge in [0.05, 0.1) is 23.3 Å². The van der Waals surface area contributed by atoms with Crippen molar-refractivity contribution < 1.29 is 9.53 Å². The SMILES string of the molecule is Cc1ccc(N=C2NC(=O)/C(=C/c3cccc(OCCCC#N)c3)S2)c(C)c1. The van der Waals surface area contributed by atoms with E-state index in [1.165, 1.54) is 17.3 Å². The number of amides is 1. The van der Waals surface area contributed by atoms with E-state index in [1.807, 2.05) is 56.3 Å². The summed E-state index contributed by atoms with van der Waals surface area (Å²) >= 11 is 1.33. The van der Waals surface area contributed by atoms with Crippen LogP contribution in [0.2, 0.25) is 0 Å². The fraction of sp³-hybridized carbons (Fsp3) is 0.227. The molecule has 0 atom stereocenters. The fourth-order valence-electron chi connectivity index (χ4n) is 2.71. The number of amidine groups is 1. The molecular formula is C22H21N3O2S. The van der Waals surface area contributed by atoms with Gasteiger partial charge in [-0.25, -0.2) is 4.99 Å². The second-order valence-corrected chi connectivity index (χ2v) is 7.48. The van der Waals surface area contributed by atoms with Gasteiger partial charge in [-0.3, -0.25) is 4.79 Å². The topological polar surface area (TPSA) is 74.5 Å². The number of nitrogens with zero attached hydrogens (tertiary/aromatic N) is 2. The van der Waals surface area contributed by atoms with Crippen LogP contribution in [0.3, 0.4) is 0 Å². The summed E-state index contributed by atoms with van der Waals surface area (Å²) in [6.45, 7) is 4.54. The van der Waals surface area contributed by atoms with Crippen LogP contribution >= 0.6 is 11.8 Å². The number of aliphatic imine (C=N–C) groups is 1. The van der Waals surface area contributed by atoms with Crippen LogP contribution in [0.25, 0.3) is 6.08 Å². The molecule has 0 aromatic heterocycles. The average molecular weight is 391 g/mol. The van der Waals surface area contributed by atoms with E-state index in [9.17, 15) is 4.79 Å². The van der Waals surface area contributed by atoms with E-state index in [2.05, 4.69) is 22.4 Å². The third-order valence-corrected chi connectivity index (χ3v) is 4.99. The van der Waals surface area contributed by atoms with Crippen molar-refractivity contribution in [3.05, 3.63) is 64.1 Å². The quantitative estimate of drug-likeness (QED) is 0.563. The van der Waals surface area contributed by atoms with E-state index >= 15 is 0 Å². The Morgan fingerprint density at radius 1 is 1.25 bits per heavy atom. The highest BCUT2D eigenvalue weighted by atomic mass is 32.2. The minimum Gasteiger partial charge on any atom is -0.494 e. The van der Waals surface area contributed by atoms with Gasteiger partial charge in [-0.15, -0.1) is 0 Å². The second-order valence-electron chi connectivity index (χ2n) is 6.45. The maximum atomic E-state index is 12.3. The third-order valence-electron chi connectivity index (χ3n) is 4.08. The predicted octanol–water partition coefficient (Wildman–Crippen LogP) is 4.88. The van der Waals surface area contributed by atoms with Gasteiger partial charge in [0, 0.05) is 6.42 Å². The van der Waals surface area contributed by atoms with Gasteiger partial charge < -0.3 is 10.1 Å². The number of hydrogen-bond donors (Lipinski definition) is 1. The number of rotatable bonds is 6. The molecule has 1 heterocycles. The number of benzene rings is 2. The Hall–Kier alpha value is -3.04. The van der Waals surface area contributed by atoms with E-state index in [4.69, 9.17) is 10.00 Å². The largest absolute Gasteiger partial charge is 0.494 e. The van der Waals surface area contributed by atoms with E-state index in [-0.39, 0.29) is 5.91 Å². The molecule has 2 aromatic carbocycles. The number of unbranched alkanes of at least 4 members (excludes halogenated alkanes) is 1. The van der Waals surface area contributed by atoms with Crippen LogP contribution < -0.4 is 10.1 Å². The molecule has 142 valence electrons. The van der Waals surface area contributed by atoms with Crippen molar-refractivity contribution in [3.8, 4) is 11.8 Å². The number of hydrogen-bond acceptors (Lipinski definition) is 5. The van der Waals surface area contributed by atoms with Crippen LogP contribution in [-0.2, 0) is 4.79 Å². The molecule has 0 spiro atoms. The number of aryl methyl sites for hydroxylation is 2. The average Bonchev–Trinajstić information content (AvgIpc) is 3.00. The first-order valence-electron chi connectivity index (χ1n) is 9.02. The molecule has 0 bridgehead atoms. The van der Waals surface area contributed by atoms with Crippen molar-refractivity contribution in [2.45, 2.75) is 26.7 Å². The van der Waals surface area contributed by atoms with Crippen LogP contribution in [0.4, 0.5) is 5.69 Å². The summed E-state index contributed by atoms with van der Waals surface area (Å²) in [5.74, 6) is 0.564. The molecule has 1 fully saturated rings. The minimum absolute atomic E-state index is 0.158. The standard InChI is InChI=1S/C22H21N3O2S/c1-15-8-9-19(16(2)12-15)24-22-25-21(26)20(28-22)14-17-6-5-7-18(13-17)27-11-4-3-10-23/h5-9,12-14H,3-4,11H2,1-2H3,(H,24,25,26)/b20-14-. The van der Waals surface area contributed by atoms with Crippen molar-refractivity contribution in [1.29, 1.82) is 5.26 Å². The Labute approximate surface area is 169 Å². The lowest BCUT2D eigenvalue weighted by Crippen LogP contribution is -2.19. The van der Waals surface area contributed by atoms with Crippen LogP contribution in [0, 0.1) is 25.2 Å². The zero-order valence-electron chi connectivity index (χ0n) is 15.9. The van der Waals surface area contributed by atoms with Gasteiger partial charge in [-0.05, 0) is 67.4 Å². The van der Waals surface area contributed by atoms with Gasteiger partial charge in [0.15, 0.2) is 5.17 Å². The van der Waals surface area contributed by atoms with Crippen molar-refractivity contribution in [2.24, 2.45) is 4.99 Å². The molecule has 0 saturated carbocycles. The van der Waals surface area contributed by atoms with Crippen molar-refractivity contribution >= 4 is 34.6 Å². The molecule has 1 N–H and O–H groups in total. The van der Waals surface area contributed by atoms with Crippen molar-refractivity contribution in [2.75, 3.05) is 6.61 Å². The van der Waals surface area contributed by atoms with Gasteiger partial charge in [-0.1, -0.05) is 29.8 Å².